The molecule has 2 rings (SSSR count). The zero-order valence-corrected chi connectivity index (χ0v) is 11.0. The van der Waals surface area contributed by atoms with Crippen molar-refractivity contribution in [1.29, 1.82) is 0 Å². The van der Waals surface area contributed by atoms with Crippen molar-refractivity contribution < 1.29 is 9.18 Å². The van der Waals surface area contributed by atoms with Gasteiger partial charge in [0.15, 0.2) is 0 Å². The number of alkyl halides is 1. The van der Waals surface area contributed by atoms with Crippen molar-refractivity contribution in [1.82, 2.24) is 4.90 Å². The Morgan fingerprint density at radius 3 is 2.44 bits per heavy atom. The summed E-state index contributed by atoms with van der Waals surface area (Å²) in [6, 6.07) is 6.58. The van der Waals surface area contributed by atoms with Gasteiger partial charge in [-0.25, -0.2) is 4.39 Å². The lowest BCUT2D eigenvalue weighted by Gasteiger charge is -2.28. The number of hydrogen-bond donors (Lipinski definition) is 0. The quantitative estimate of drug-likeness (QED) is 0.768. The van der Waals surface area contributed by atoms with E-state index >= 15 is 0 Å². The summed E-state index contributed by atoms with van der Waals surface area (Å²) in [4.78, 5) is 13.7. The molecule has 0 aliphatic heterocycles. The molecule has 1 aliphatic rings. The molecule has 0 spiro atoms. The van der Waals surface area contributed by atoms with E-state index in [0.29, 0.717) is 12.6 Å². The molecule has 1 amide bonds. The van der Waals surface area contributed by atoms with Gasteiger partial charge >= 0.3 is 0 Å². The van der Waals surface area contributed by atoms with Gasteiger partial charge in [0.25, 0.3) is 0 Å². The van der Waals surface area contributed by atoms with Gasteiger partial charge in [-0.05, 0) is 30.5 Å². The molecule has 0 N–H and O–H groups in total. The van der Waals surface area contributed by atoms with E-state index < -0.39 is 0 Å². The van der Waals surface area contributed by atoms with Crippen molar-refractivity contribution in [2.45, 2.75) is 38.3 Å². The largest absolute Gasteiger partial charge is 0.334 e. The fraction of sp³-hybridized carbons (Fsp3) is 0.500. The number of nitrogens with zero attached hydrogens (tertiary/aromatic N) is 1. The molecule has 0 saturated heterocycles. The zero-order valence-electron chi connectivity index (χ0n) is 10.2. The number of carbonyl (C=O) groups excluding carboxylic acids is 1. The molecule has 1 saturated carbocycles. The van der Waals surface area contributed by atoms with Gasteiger partial charge in [0, 0.05) is 12.6 Å². The number of hydrogen-bond acceptors (Lipinski definition) is 1. The first-order chi connectivity index (χ1) is 8.70. The van der Waals surface area contributed by atoms with Crippen molar-refractivity contribution in [2.24, 2.45) is 0 Å². The monoisotopic (exact) mass is 269 g/mol. The summed E-state index contributed by atoms with van der Waals surface area (Å²) < 4.78 is 12.8. The zero-order chi connectivity index (χ0) is 13.0. The van der Waals surface area contributed by atoms with Crippen LogP contribution in [0.25, 0.3) is 0 Å². The second-order valence-corrected chi connectivity index (χ2v) is 4.99. The van der Waals surface area contributed by atoms with Gasteiger partial charge in [-0.2, -0.15) is 0 Å². The minimum absolute atomic E-state index is 0.0116. The van der Waals surface area contributed by atoms with Gasteiger partial charge in [-0.15, -0.1) is 11.6 Å². The standard InChI is InChI=1S/C14H17ClFNO/c15-9-14(18)17(13-3-1-2-4-13)10-11-5-7-12(16)8-6-11/h5-8,13H,1-4,9-10H2. The molecule has 0 atom stereocenters. The Bertz CT molecular complexity index is 401. The summed E-state index contributed by atoms with van der Waals surface area (Å²) in [5, 5.41) is 0. The van der Waals surface area contributed by atoms with Crippen LogP contribution in [0, 0.1) is 5.82 Å². The summed E-state index contributed by atoms with van der Waals surface area (Å²) in [5.41, 5.74) is 0.946. The minimum Gasteiger partial charge on any atom is -0.334 e. The highest BCUT2D eigenvalue weighted by molar-refractivity contribution is 6.27. The van der Waals surface area contributed by atoms with Gasteiger partial charge in [0.1, 0.15) is 11.7 Å². The molecule has 0 bridgehead atoms. The minimum atomic E-state index is -0.255. The number of rotatable bonds is 4. The first-order valence-electron chi connectivity index (χ1n) is 6.30. The molecule has 1 aromatic carbocycles. The van der Waals surface area contributed by atoms with E-state index in [1.807, 2.05) is 4.90 Å². The topological polar surface area (TPSA) is 20.3 Å². The Morgan fingerprint density at radius 2 is 1.89 bits per heavy atom. The molecular formula is C14H17ClFNO. The first-order valence-corrected chi connectivity index (χ1v) is 6.84. The average molecular weight is 270 g/mol. The van der Waals surface area contributed by atoms with Gasteiger partial charge in [0.2, 0.25) is 5.91 Å². The van der Waals surface area contributed by atoms with Crippen LogP contribution in [0.5, 0.6) is 0 Å². The third-order valence-corrected chi connectivity index (χ3v) is 3.69. The third-order valence-electron chi connectivity index (χ3n) is 3.47. The van der Waals surface area contributed by atoms with Crippen LogP contribution in [0.2, 0.25) is 0 Å². The molecule has 18 heavy (non-hydrogen) atoms. The third kappa shape index (κ3) is 3.22. The maximum absolute atomic E-state index is 12.8. The Hall–Kier alpha value is -1.09. The van der Waals surface area contributed by atoms with E-state index in [9.17, 15) is 9.18 Å². The van der Waals surface area contributed by atoms with E-state index in [1.54, 1.807) is 12.1 Å². The van der Waals surface area contributed by atoms with Crippen molar-refractivity contribution in [3.05, 3.63) is 35.6 Å². The van der Waals surface area contributed by atoms with Crippen LogP contribution in [-0.4, -0.2) is 22.7 Å². The first kappa shape index (κ1) is 13.3. The number of amides is 1. The second-order valence-electron chi connectivity index (χ2n) is 4.72. The van der Waals surface area contributed by atoms with Crippen LogP contribution in [0.1, 0.15) is 31.2 Å². The summed E-state index contributed by atoms with van der Waals surface area (Å²) in [5.74, 6) is -0.278. The Kier molecular flexibility index (Phi) is 4.59. The van der Waals surface area contributed by atoms with Crippen LogP contribution in [0.15, 0.2) is 24.3 Å². The van der Waals surface area contributed by atoms with Gasteiger partial charge < -0.3 is 4.90 Å². The van der Waals surface area contributed by atoms with Crippen molar-refractivity contribution in [2.75, 3.05) is 5.88 Å². The van der Waals surface area contributed by atoms with Crippen LogP contribution < -0.4 is 0 Å². The van der Waals surface area contributed by atoms with E-state index in [4.69, 9.17) is 11.6 Å². The predicted octanol–water partition coefficient (Wildman–Crippen LogP) is 3.34. The lowest BCUT2D eigenvalue weighted by Crippen LogP contribution is -2.39. The molecule has 0 heterocycles. The van der Waals surface area contributed by atoms with E-state index in [0.717, 1.165) is 18.4 Å². The highest BCUT2D eigenvalue weighted by atomic mass is 35.5. The Morgan fingerprint density at radius 1 is 1.28 bits per heavy atom. The van der Waals surface area contributed by atoms with Gasteiger partial charge in [-0.3, -0.25) is 4.79 Å². The maximum Gasteiger partial charge on any atom is 0.238 e. The summed E-state index contributed by atoms with van der Waals surface area (Å²) >= 11 is 5.67. The van der Waals surface area contributed by atoms with Crippen LogP contribution in [0.4, 0.5) is 4.39 Å². The molecule has 1 aliphatic carbocycles. The number of halogens is 2. The summed E-state index contributed by atoms with van der Waals surface area (Å²) in [6.07, 6.45) is 4.42. The molecule has 98 valence electrons. The van der Waals surface area contributed by atoms with Gasteiger partial charge in [-0.1, -0.05) is 25.0 Å². The van der Waals surface area contributed by atoms with Crippen molar-refractivity contribution in [3.8, 4) is 0 Å². The Balaban J connectivity index is 2.09. The van der Waals surface area contributed by atoms with E-state index in [1.165, 1.54) is 25.0 Å². The van der Waals surface area contributed by atoms with Crippen molar-refractivity contribution >= 4 is 17.5 Å². The fourth-order valence-corrected chi connectivity index (χ4v) is 2.65. The fourth-order valence-electron chi connectivity index (χ4n) is 2.50. The molecular weight excluding hydrogens is 253 g/mol. The summed E-state index contributed by atoms with van der Waals surface area (Å²) in [7, 11) is 0. The molecule has 4 heteroatoms. The molecule has 0 aromatic heterocycles. The molecule has 1 aromatic rings. The normalized spacial score (nSPS) is 15.9. The van der Waals surface area contributed by atoms with Crippen LogP contribution >= 0.6 is 11.6 Å². The second kappa shape index (κ2) is 6.19. The SMILES string of the molecule is O=C(CCl)N(Cc1ccc(F)cc1)C1CCCC1. The lowest BCUT2D eigenvalue weighted by atomic mass is 10.1. The van der Waals surface area contributed by atoms with E-state index in [-0.39, 0.29) is 17.6 Å². The molecule has 0 radical (unpaired) electrons. The highest BCUT2D eigenvalue weighted by Gasteiger charge is 2.26. The highest BCUT2D eigenvalue weighted by Crippen LogP contribution is 2.25. The van der Waals surface area contributed by atoms with Crippen LogP contribution in [-0.2, 0) is 11.3 Å². The molecule has 1 fully saturated rings. The van der Waals surface area contributed by atoms with Gasteiger partial charge in [0.05, 0.1) is 0 Å². The van der Waals surface area contributed by atoms with Crippen molar-refractivity contribution in [3.63, 3.8) is 0 Å². The Labute approximate surface area is 112 Å². The predicted molar refractivity (Wildman–Crippen MR) is 69.9 cm³/mol. The lowest BCUT2D eigenvalue weighted by molar-refractivity contribution is -0.131. The van der Waals surface area contributed by atoms with Crippen LogP contribution in [0.3, 0.4) is 0 Å². The summed E-state index contributed by atoms with van der Waals surface area (Å²) in [6.45, 7) is 0.524. The molecule has 2 nitrogen and oxygen atoms in total. The molecule has 0 unspecified atom stereocenters. The number of benzene rings is 1. The smallest absolute Gasteiger partial charge is 0.238 e. The average Bonchev–Trinajstić information content (AvgIpc) is 2.91. The maximum atomic E-state index is 12.8. The number of carbonyl (C=O) groups is 1. The van der Waals surface area contributed by atoms with E-state index in [2.05, 4.69) is 0 Å².